The topological polar surface area (TPSA) is 116 Å². The number of non-ortho nitro benzene ring substituents is 2. The highest BCUT2D eigenvalue weighted by Gasteiger charge is 2.10. The van der Waals surface area contributed by atoms with E-state index >= 15 is 0 Å². The fourth-order valence-electron chi connectivity index (χ4n) is 1.48. The number of ether oxygens (including phenoxy) is 1. The van der Waals surface area contributed by atoms with Crippen LogP contribution in [0.5, 0.6) is 11.5 Å². The van der Waals surface area contributed by atoms with Gasteiger partial charge in [0.2, 0.25) is 0 Å². The molecule has 0 radical (unpaired) electrons. The zero-order chi connectivity index (χ0) is 19.0. The van der Waals surface area contributed by atoms with E-state index in [9.17, 15) is 20.2 Å². The minimum absolute atomic E-state index is 0.0477. The number of aromatic hydroxyl groups is 1. The van der Waals surface area contributed by atoms with Crippen LogP contribution in [0.1, 0.15) is 0 Å². The van der Waals surface area contributed by atoms with E-state index in [1.165, 1.54) is 36.4 Å². The van der Waals surface area contributed by atoms with Crippen LogP contribution in [0.2, 0.25) is 10.0 Å². The first-order chi connectivity index (χ1) is 11.8. The highest BCUT2D eigenvalue weighted by Crippen LogP contribution is 2.29. The SMILES string of the molecule is C=CCOc1cc([N+](=O)[O-])ccc1Cl.O=[N+]([O-])c1ccc(Cl)c(O)c1. The molecule has 0 aliphatic heterocycles. The second kappa shape index (κ2) is 9.45. The minimum atomic E-state index is -0.601. The molecule has 0 unspecified atom stereocenters. The maximum absolute atomic E-state index is 10.4. The first-order valence-electron chi connectivity index (χ1n) is 6.56. The third-order valence-electron chi connectivity index (χ3n) is 2.62. The molecule has 0 amide bonds. The normalized spacial score (nSPS) is 9.52. The van der Waals surface area contributed by atoms with Crippen molar-refractivity contribution in [3.8, 4) is 11.5 Å². The maximum Gasteiger partial charge on any atom is 0.273 e. The van der Waals surface area contributed by atoms with Gasteiger partial charge in [-0.2, -0.15) is 0 Å². The molecule has 0 aliphatic carbocycles. The van der Waals surface area contributed by atoms with E-state index in [1.807, 2.05) is 0 Å². The van der Waals surface area contributed by atoms with E-state index < -0.39 is 9.85 Å². The molecule has 8 nitrogen and oxygen atoms in total. The van der Waals surface area contributed by atoms with Gasteiger partial charge in [-0.15, -0.1) is 0 Å². The van der Waals surface area contributed by atoms with Crippen LogP contribution < -0.4 is 4.74 Å². The Balaban J connectivity index is 0.000000257. The van der Waals surface area contributed by atoms with Crippen molar-refractivity contribution in [1.82, 2.24) is 0 Å². The average Bonchev–Trinajstić information content (AvgIpc) is 2.56. The van der Waals surface area contributed by atoms with Crippen molar-refractivity contribution in [3.63, 3.8) is 0 Å². The zero-order valence-electron chi connectivity index (χ0n) is 12.6. The lowest BCUT2D eigenvalue weighted by molar-refractivity contribution is -0.385. The molecule has 0 bridgehead atoms. The van der Waals surface area contributed by atoms with E-state index in [-0.39, 0.29) is 28.8 Å². The molecule has 1 N–H and O–H groups in total. The molecule has 2 aromatic carbocycles. The molecule has 2 aromatic rings. The highest BCUT2D eigenvalue weighted by atomic mass is 35.5. The summed E-state index contributed by atoms with van der Waals surface area (Å²) in [4.78, 5) is 19.4. The number of phenols is 1. The Morgan fingerprint density at radius 2 is 1.56 bits per heavy atom. The van der Waals surface area contributed by atoms with Crippen molar-refractivity contribution in [2.24, 2.45) is 0 Å². The number of hydrogen-bond donors (Lipinski definition) is 1. The largest absolute Gasteiger partial charge is 0.506 e. The second-order valence-corrected chi connectivity index (χ2v) is 5.18. The summed E-state index contributed by atoms with van der Waals surface area (Å²) >= 11 is 11.2. The number of benzene rings is 2. The molecule has 0 fully saturated rings. The van der Waals surface area contributed by atoms with Crippen molar-refractivity contribution in [1.29, 1.82) is 0 Å². The summed E-state index contributed by atoms with van der Waals surface area (Å²) in [6.07, 6.45) is 1.54. The predicted octanol–water partition coefficient (Wildman–Crippen LogP) is 4.77. The molecular weight excluding hydrogens is 375 g/mol. The highest BCUT2D eigenvalue weighted by molar-refractivity contribution is 6.32. The lowest BCUT2D eigenvalue weighted by Crippen LogP contribution is -1.95. The number of rotatable bonds is 5. The molecule has 0 heterocycles. The molecule has 10 heteroatoms. The van der Waals surface area contributed by atoms with Gasteiger partial charge in [0.1, 0.15) is 18.1 Å². The van der Waals surface area contributed by atoms with Gasteiger partial charge in [-0.25, -0.2) is 0 Å². The third-order valence-corrected chi connectivity index (χ3v) is 3.25. The van der Waals surface area contributed by atoms with Crippen LogP contribution in [0, 0.1) is 20.2 Å². The molecular formula is C15H12Cl2N2O6. The molecule has 0 spiro atoms. The molecule has 0 aliphatic rings. The van der Waals surface area contributed by atoms with Crippen LogP contribution >= 0.6 is 23.2 Å². The Bertz CT molecular complexity index is 798. The average molecular weight is 387 g/mol. The summed E-state index contributed by atoms with van der Waals surface area (Å²) < 4.78 is 5.12. The van der Waals surface area contributed by atoms with Crippen LogP contribution in [0.3, 0.4) is 0 Å². The van der Waals surface area contributed by atoms with E-state index in [0.717, 1.165) is 6.07 Å². The molecule has 2 rings (SSSR count). The Morgan fingerprint density at radius 3 is 2.04 bits per heavy atom. The standard InChI is InChI=1S/C9H8ClNO3.C6H4ClNO3/c1-2-5-14-9-6-7(11(12)13)3-4-8(9)10;7-5-2-1-4(8(10)11)3-6(5)9/h2-4,6H,1,5H2;1-3,9H. The lowest BCUT2D eigenvalue weighted by Gasteiger charge is -2.04. The molecule has 25 heavy (non-hydrogen) atoms. The van der Waals surface area contributed by atoms with E-state index in [2.05, 4.69) is 6.58 Å². The van der Waals surface area contributed by atoms with Gasteiger partial charge >= 0.3 is 0 Å². The predicted molar refractivity (Wildman–Crippen MR) is 93.6 cm³/mol. The van der Waals surface area contributed by atoms with Crippen molar-refractivity contribution in [2.75, 3.05) is 6.61 Å². The Morgan fingerprint density at radius 1 is 1.04 bits per heavy atom. The number of halogens is 2. The van der Waals surface area contributed by atoms with Gasteiger partial charge in [0.05, 0.1) is 32.0 Å². The van der Waals surface area contributed by atoms with Gasteiger partial charge in [0.25, 0.3) is 11.4 Å². The van der Waals surface area contributed by atoms with Gasteiger partial charge in [0, 0.05) is 12.1 Å². The zero-order valence-corrected chi connectivity index (χ0v) is 14.1. The van der Waals surface area contributed by atoms with Crippen molar-refractivity contribution in [3.05, 3.63) is 79.3 Å². The second-order valence-electron chi connectivity index (χ2n) is 4.36. The quantitative estimate of drug-likeness (QED) is 0.449. The van der Waals surface area contributed by atoms with Crippen LogP contribution in [0.4, 0.5) is 11.4 Å². The number of hydrogen-bond acceptors (Lipinski definition) is 6. The van der Waals surface area contributed by atoms with Crippen molar-refractivity contribution >= 4 is 34.6 Å². The fourth-order valence-corrected chi connectivity index (χ4v) is 1.77. The third kappa shape index (κ3) is 6.28. The summed E-state index contributed by atoms with van der Waals surface area (Å²) in [7, 11) is 0. The van der Waals surface area contributed by atoms with Crippen LogP contribution in [-0.4, -0.2) is 21.6 Å². The summed E-state index contributed by atoms with van der Waals surface area (Å²) in [5.74, 6) is 0.0154. The summed E-state index contributed by atoms with van der Waals surface area (Å²) in [5.41, 5.74) is -0.222. The monoisotopic (exact) mass is 386 g/mol. The van der Waals surface area contributed by atoms with Crippen LogP contribution in [0.15, 0.2) is 49.1 Å². The van der Waals surface area contributed by atoms with Crippen LogP contribution in [-0.2, 0) is 0 Å². The molecule has 0 aromatic heterocycles. The summed E-state index contributed by atoms with van der Waals surface area (Å²) in [6, 6.07) is 7.53. The Hall–Kier alpha value is -2.84. The smallest absolute Gasteiger partial charge is 0.273 e. The number of nitrogens with zero attached hydrogens (tertiary/aromatic N) is 2. The fraction of sp³-hybridized carbons (Fsp3) is 0.0667. The van der Waals surface area contributed by atoms with Crippen molar-refractivity contribution < 1.29 is 19.7 Å². The van der Waals surface area contributed by atoms with E-state index in [4.69, 9.17) is 33.0 Å². The van der Waals surface area contributed by atoms with Gasteiger partial charge in [0.15, 0.2) is 0 Å². The van der Waals surface area contributed by atoms with E-state index in [0.29, 0.717) is 10.8 Å². The van der Waals surface area contributed by atoms with Gasteiger partial charge < -0.3 is 9.84 Å². The Kier molecular flexibility index (Phi) is 7.64. The lowest BCUT2D eigenvalue weighted by atomic mass is 10.3. The minimum Gasteiger partial charge on any atom is -0.506 e. The molecule has 0 saturated carbocycles. The summed E-state index contributed by atoms with van der Waals surface area (Å²) in [6.45, 7) is 3.73. The van der Waals surface area contributed by atoms with Gasteiger partial charge in [-0.3, -0.25) is 20.2 Å². The summed E-state index contributed by atoms with van der Waals surface area (Å²) in [5, 5.41) is 29.9. The first-order valence-corrected chi connectivity index (χ1v) is 7.32. The van der Waals surface area contributed by atoms with Gasteiger partial charge in [-0.05, 0) is 12.1 Å². The number of nitro groups is 2. The molecule has 132 valence electrons. The number of nitro benzene ring substituents is 2. The Labute approximate surface area is 152 Å². The van der Waals surface area contributed by atoms with Gasteiger partial charge in [-0.1, -0.05) is 35.9 Å². The van der Waals surface area contributed by atoms with Crippen molar-refractivity contribution in [2.45, 2.75) is 0 Å². The maximum atomic E-state index is 10.4. The molecule has 0 atom stereocenters. The first kappa shape index (κ1) is 20.2. The van der Waals surface area contributed by atoms with Crippen LogP contribution in [0.25, 0.3) is 0 Å². The van der Waals surface area contributed by atoms with E-state index in [1.54, 1.807) is 0 Å². The molecule has 0 saturated heterocycles. The number of phenolic OH excluding ortho intramolecular Hbond substituents is 1.